The smallest absolute Gasteiger partial charge is 0.317 e. The van der Waals surface area contributed by atoms with Gasteiger partial charge in [0, 0.05) is 26.2 Å². The van der Waals surface area contributed by atoms with Crippen LogP contribution >= 0.6 is 0 Å². The topological polar surface area (TPSA) is 35.6 Å². The average Bonchev–Trinajstić information content (AvgIpc) is 2.99. The van der Waals surface area contributed by atoms with Crippen LogP contribution in [0, 0.1) is 11.8 Å². The Bertz CT molecular complexity index is 297. The number of likely N-dealkylation sites (N-methyl/N-ethyl adjacent to an activating group) is 1. The number of nitrogens with one attached hydrogen (secondary N) is 1. The maximum atomic E-state index is 12.4. The lowest BCUT2D eigenvalue weighted by atomic mass is 10.0. The standard InChI is InChI=1S/C18H37N3O/c1-5-20(6-2)13-14-21(15-16(3)4)18(22)19-12-11-17-9-7-8-10-17/h16-17H,5-15H2,1-4H3,(H,19,22). The van der Waals surface area contributed by atoms with E-state index in [4.69, 9.17) is 0 Å². The van der Waals surface area contributed by atoms with Gasteiger partial charge in [0.15, 0.2) is 0 Å². The minimum atomic E-state index is 0.124. The molecule has 0 heterocycles. The maximum Gasteiger partial charge on any atom is 0.317 e. The fraction of sp³-hybridized carbons (Fsp3) is 0.944. The third-order valence-electron chi connectivity index (χ3n) is 4.76. The first-order chi connectivity index (χ1) is 10.6. The van der Waals surface area contributed by atoms with E-state index < -0.39 is 0 Å². The third kappa shape index (κ3) is 7.48. The second-order valence-corrected chi connectivity index (χ2v) is 7.04. The first-order valence-electron chi connectivity index (χ1n) is 9.31. The number of carbonyl (C=O) groups is 1. The molecule has 0 radical (unpaired) electrons. The van der Waals surface area contributed by atoms with Crippen LogP contribution in [0.3, 0.4) is 0 Å². The van der Waals surface area contributed by atoms with Crippen molar-refractivity contribution in [1.82, 2.24) is 15.1 Å². The summed E-state index contributed by atoms with van der Waals surface area (Å²) in [7, 11) is 0. The fourth-order valence-corrected chi connectivity index (χ4v) is 3.31. The summed E-state index contributed by atoms with van der Waals surface area (Å²) in [5.74, 6) is 1.35. The van der Waals surface area contributed by atoms with Gasteiger partial charge in [0.2, 0.25) is 0 Å². The highest BCUT2D eigenvalue weighted by Gasteiger charge is 2.18. The molecule has 22 heavy (non-hydrogen) atoms. The molecule has 1 fully saturated rings. The summed E-state index contributed by atoms with van der Waals surface area (Å²) in [6.07, 6.45) is 6.61. The zero-order valence-corrected chi connectivity index (χ0v) is 15.2. The van der Waals surface area contributed by atoms with E-state index >= 15 is 0 Å². The van der Waals surface area contributed by atoms with E-state index in [0.29, 0.717) is 5.92 Å². The summed E-state index contributed by atoms with van der Waals surface area (Å²) in [4.78, 5) is 16.8. The quantitative estimate of drug-likeness (QED) is 0.669. The first kappa shape index (κ1) is 19.3. The van der Waals surface area contributed by atoms with Gasteiger partial charge in [0.1, 0.15) is 0 Å². The second kappa shape index (κ2) is 10.9. The lowest BCUT2D eigenvalue weighted by Crippen LogP contribution is -2.46. The monoisotopic (exact) mass is 311 g/mol. The van der Waals surface area contributed by atoms with E-state index in [0.717, 1.165) is 51.6 Å². The number of hydrogen-bond donors (Lipinski definition) is 1. The lowest BCUT2D eigenvalue weighted by molar-refractivity contribution is 0.177. The Morgan fingerprint density at radius 1 is 1.14 bits per heavy atom. The molecule has 130 valence electrons. The van der Waals surface area contributed by atoms with Crippen LogP contribution in [0.25, 0.3) is 0 Å². The normalized spacial score (nSPS) is 15.7. The highest BCUT2D eigenvalue weighted by molar-refractivity contribution is 5.74. The number of hydrogen-bond acceptors (Lipinski definition) is 2. The zero-order valence-electron chi connectivity index (χ0n) is 15.2. The molecule has 0 aromatic rings. The Kier molecular flexibility index (Phi) is 9.53. The van der Waals surface area contributed by atoms with Gasteiger partial charge in [-0.15, -0.1) is 0 Å². The van der Waals surface area contributed by atoms with Gasteiger partial charge < -0.3 is 15.1 Å². The molecule has 4 nitrogen and oxygen atoms in total. The SMILES string of the molecule is CCN(CC)CCN(CC(C)C)C(=O)NCCC1CCCC1. The van der Waals surface area contributed by atoms with Crippen LogP contribution in [0.1, 0.15) is 59.8 Å². The number of nitrogens with zero attached hydrogens (tertiary/aromatic N) is 2. The number of urea groups is 1. The molecule has 0 unspecified atom stereocenters. The van der Waals surface area contributed by atoms with Crippen molar-refractivity contribution in [3.63, 3.8) is 0 Å². The highest BCUT2D eigenvalue weighted by Crippen LogP contribution is 2.26. The van der Waals surface area contributed by atoms with Gasteiger partial charge in [0.05, 0.1) is 0 Å². The van der Waals surface area contributed by atoms with Crippen molar-refractivity contribution in [2.45, 2.75) is 59.8 Å². The molecule has 1 aliphatic rings. The van der Waals surface area contributed by atoms with Crippen molar-refractivity contribution in [3.8, 4) is 0 Å². The Labute approximate surface area is 137 Å². The van der Waals surface area contributed by atoms with Gasteiger partial charge >= 0.3 is 6.03 Å². The van der Waals surface area contributed by atoms with E-state index in [1.165, 1.54) is 25.7 Å². The van der Waals surface area contributed by atoms with E-state index in [9.17, 15) is 4.79 Å². The van der Waals surface area contributed by atoms with Crippen molar-refractivity contribution in [3.05, 3.63) is 0 Å². The van der Waals surface area contributed by atoms with Crippen molar-refractivity contribution in [1.29, 1.82) is 0 Å². The van der Waals surface area contributed by atoms with Crippen molar-refractivity contribution < 1.29 is 4.79 Å². The van der Waals surface area contributed by atoms with E-state index in [2.05, 4.69) is 37.9 Å². The van der Waals surface area contributed by atoms with E-state index in [1.807, 2.05) is 4.90 Å². The number of rotatable bonds is 10. The third-order valence-corrected chi connectivity index (χ3v) is 4.76. The molecular weight excluding hydrogens is 274 g/mol. The summed E-state index contributed by atoms with van der Waals surface area (Å²) in [5, 5.41) is 3.14. The van der Waals surface area contributed by atoms with Crippen LogP contribution in [-0.4, -0.2) is 55.1 Å². The Hall–Kier alpha value is -0.770. The molecule has 1 rings (SSSR count). The minimum absolute atomic E-state index is 0.124. The van der Waals surface area contributed by atoms with E-state index in [1.54, 1.807) is 0 Å². The molecule has 0 bridgehead atoms. The summed E-state index contributed by atoms with van der Waals surface area (Å²) in [6.45, 7) is 14.3. The van der Waals surface area contributed by atoms with Crippen LogP contribution in [0.5, 0.6) is 0 Å². The predicted molar refractivity (Wildman–Crippen MR) is 94.2 cm³/mol. The molecule has 1 N–H and O–H groups in total. The molecule has 0 saturated heterocycles. The van der Waals surface area contributed by atoms with Crippen LogP contribution in [0.15, 0.2) is 0 Å². The maximum absolute atomic E-state index is 12.4. The Morgan fingerprint density at radius 3 is 2.32 bits per heavy atom. The summed E-state index contributed by atoms with van der Waals surface area (Å²) in [5.41, 5.74) is 0. The molecular formula is C18H37N3O. The zero-order chi connectivity index (χ0) is 16.4. The molecule has 1 aliphatic carbocycles. The largest absolute Gasteiger partial charge is 0.338 e. The molecule has 0 aromatic carbocycles. The fourth-order valence-electron chi connectivity index (χ4n) is 3.31. The summed E-state index contributed by atoms with van der Waals surface area (Å²) < 4.78 is 0. The lowest BCUT2D eigenvalue weighted by Gasteiger charge is -2.28. The molecule has 0 aliphatic heterocycles. The van der Waals surface area contributed by atoms with Crippen LogP contribution in [0.4, 0.5) is 4.79 Å². The van der Waals surface area contributed by atoms with Crippen LogP contribution in [-0.2, 0) is 0 Å². The Morgan fingerprint density at radius 2 is 1.77 bits per heavy atom. The minimum Gasteiger partial charge on any atom is -0.338 e. The molecule has 0 atom stereocenters. The molecule has 0 spiro atoms. The van der Waals surface area contributed by atoms with Gasteiger partial charge in [-0.2, -0.15) is 0 Å². The molecule has 4 heteroatoms. The average molecular weight is 312 g/mol. The second-order valence-electron chi connectivity index (χ2n) is 7.04. The van der Waals surface area contributed by atoms with Gasteiger partial charge in [-0.05, 0) is 31.3 Å². The van der Waals surface area contributed by atoms with Crippen molar-refractivity contribution in [2.75, 3.05) is 39.3 Å². The number of carbonyl (C=O) groups excluding carboxylic acids is 1. The highest BCUT2D eigenvalue weighted by atomic mass is 16.2. The van der Waals surface area contributed by atoms with Crippen molar-refractivity contribution >= 4 is 6.03 Å². The Balaban J connectivity index is 2.34. The number of amides is 2. The summed E-state index contributed by atoms with van der Waals surface area (Å²) in [6, 6.07) is 0.124. The van der Waals surface area contributed by atoms with Gasteiger partial charge in [-0.1, -0.05) is 53.4 Å². The molecule has 1 saturated carbocycles. The van der Waals surface area contributed by atoms with Gasteiger partial charge in [-0.25, -0.2) is 4.79 Å². The molecule has 2 amide bonds. The van der Waals surface area contributed by atoms with Crippen molar-refractivity contribution in [2.24, 2.45) is 11.8 Å². The van der Waals surface area contributed by atoms with Crippen LogP contribution < -0.4 is 5.32 Å². The van der Waals surface area contributed by atoms with E-state index in [-0.39, 0.29) is 6.03 Å². The van der Waals surface area contributed by atoms with Gasteiger partial charge in [-0.3, -0.25) is 0 Å². The summed E-state index contributed by atoms with van der Waals surface area (Å²) >= 11 is 0. The first-order valence-corrected chi connectivity index (χ1v) is 9.31. The predicted octanol–water partition coefficient (Wildman–Crippen LogP) is 3.58. The molecule has 0 aromatic heterocycles. The van der Waals surface area contributed by atoms with Crippen LogP contribution in [0.2, 0.25) is 0 Å². The van der Waals surface area contributed by atoms with Gasteiger partial charge in [0.25, 0.3) is 0 Å².